The van der Waals surface area contributed by atoms with Crippen molar-refractivity contribution in [3.63, 3.8) is 0 Å². The summed E-state index contributed by atoms with van der Waals surface area (Å²) in [6, 6.07) is 5.72. The predicted octanol–water partition coefficient (Wildman–Crippen LogP) is 1.86. The standard InChI is InChI=1S/C20H27N3O5S/c1-28-12-6-9-21-20(25)17-14-19(24)22-18-8-7-15(13-16(17)18)29(26,27)23-10-4-2-3-5-11-23/h7-8,13-14H,2-6,9-12H2,1H3,(H,21,25)(H,22,24). The number of carbonyl (C=O) groups excluding carboxylic acids is 1. The van der Waals surface area contributed by atoms with Crippen LogP contribution in [0.15, 0.2) is 34.0 Å². The Morgan fingerprint density at radius 2 is 1.90 bits per heavy atom. The third-order valence-corrected chi connectivity index (χ3v) is 6.97. The molecule has 158 valence electrons. The molecule has 1 fully saturated rings. The summed E-state index contributed by atoms with van der Waals surface area (Å²) in [6.45, 7) is 1.90. The van der Waals surface area contributed by atoms with E-state index in [-0.39, 0.29) is 10.5 Å². The Kier molecular flexibility index (Phi) is 7.05. The van der Waals surface area contributed by atoms with Gasteiger partial charge in [0.25, 0.3) is 5.91 Å². The molecule has 2 aromatic rings. The number of fused-ring (bicyclic) bond motifs is 1. The van der Waals surface area contributed by atoms with Gasteiger partial charge >= 0.3 is 0 Å². The molecule has 9 heteroatoms. The largest absolute Gasteiger partial charge is 0.385 e. The number of nitrogens with one attached hydrogen (secondary N) is 2. The van der Waals surface area contributed by atoms with Gasteiger partial charge in [-0.3, -0.25) is 9.59 Å². The Morgan fingerprint density at radius 1 is 1.17 bits per heavy atom. The number of sulfonamides is 1. The van der Waals surface area contributed by atoms with E-state index in [9.17, 15) is 18.0 Å². The van der Waals surface area contributed by atoms with E-state index in [0.29, 0.717) is 43.6 Å². The molecular formula is C20H27N3O5S. The molecule has 2 N–H and O–H groups in total. The van der Waals surface area contributed by atoms with Gasteiger partial charge in [0, 0.05) is 50.3 Å². The first-order chi connectivity index (χ1) is 13.9. The van der Waals surface area contributed by atoms with E-state index in [1.54, 1.807) is 13.2 Å². The number of hydrogen-bond donors (Lipinski definition) is 2. The van der Waals surface area contributed by atoms with E-state index in [4.69, 9.17) is 4.74 Å². The Morgan fingerprint density at radius 3 is 2.59 bits per heavy atom. The molecule has 0 saturated carbocycles. The molecule has 0 aliphatic carbocycles. The molecule has 1 aromatic carbocycles. The zero-order valence-electron chi connectivity index (χ0n) is 16.6. The molecule has 0 unspecified atom stereocenters. The summed E-state index contributed by atoms with van der Waals surface area (Å²) < 4.78 is 32.7. The van der Waals surface area contributed by atoms with Crippen LogP contribution >= 0.6 is 0 Å². The number of methoxy groups -OCH3 is 1. The fourth-order valence-electron chi connectivity index (χ4n) is 3.53. The number of benzene rings is 1. The first-order valence-corrected chi connectivity index (χ1v) is 11.3. The van der Waals surface area contributed by atoms with Gasteiger partial charge in [-0.25, -0.2) is 8.42 Å². The molecule has 1 saturated heterocycles. The number of hydrogen-bond acceptors (Lipinski definition) is 5. The van der Waals surface area contributed by atoms with Crippen LogP contribution in [0.2, 0.25) is 0 Å². The molecule has 29 heavy (non-hydrogen) atoms. The third-order valence-electron chi connectivity index (χ3n) is 5.07. The third kappa shape index (κ3) is 5.04. The average molecular weight is 422 g/mol. The maximum absolute atomic E-state index is 13.1. The number of carbonyl (C=O) groups is 1. The Bertz CT molecular complexity index is 1020. The van der Waals surface area contributed by atoms with Gasteiger partial charge in [0.05, 0.1) is 10.5 Å². The quantitative estimate of drug-likeness (QED) is 0.664. The number of ether oxygens (including phenoxy) is 1. The van der Waals surface area contributed by atoms with Crippen molar-refractivity contribution in [2.45, 2.75) is 37.0 Å². The minimum atomic E-state index is -3.66. The highest BCUT2D eigenvalue weighted by Gasteiger charge is 2.26. The Labute approximate surface area is 170 Å². The Balaban J connectivity index is 1.96. The summed E-state index contributed by atoms with van der Waals surface area (Å²) in [4.78, 5) is 27.4. The van der Waals surface area contributed by atoms with Crippen LogP contribution < -0.4 is 10.9 Å². The first-order valence-electron chi connectivity index (χ1n) is 9.88. The lowest BCUT2D eigenvalue weighted by molar-refractivity contribution is 0.0950. The van der Waals surface area contributed by atoms with E-state index < -0.39 is 21.5 Å². The second-order valence-corrected chi connectivity index (χ2v) is 9.11. The van der Waals surface area contributed by atoms with E-state index in [2.05, 4.69) is 10.3 Å². The van der Waals surface area contributed by atoms with Gasteiger partial charge in [-0.1, -0.05) is 12.8 Å². The molecule has 0 atom stereocenters. The molecule has 1 amide bonds. The SMILES string of the molecule is COCCCNC(=O)c1cc(=O)[nH]c2ccc(S(=O)(=O)N3CCCCCC3)cc12. The van der Waals surface area contributed by atoms with Crippen molar-refractivity contribution in [2.24, 2.45) is 0 Å². The normalized spacial score (nSPS) is 15.9. The van der Waals surface area contributed by atoms with Crippen molar-refractivity contribution in [1.82, 2.24) is 14.6 Å². The van der Waals surface area contributed by atoms with Crippen molar-refractivity contribution in [3.05, 3.63) is 40.2 Å². The second-order valence-electron chi connectivity index (χ2n) is 7.18. The molecule has 1 aliphatic heterocycles. The van der Waals surface area contributed by atoms with Gasteiger partial charge < -0.3 is 15.0 Å². The minimum absolute atomic E-state index is 0.132. The molecular weight excluding hydrogens is 394 g/mol. The summed E-state index contributed by atoms with van der Waals surface area (Å²) in [5, 5.41) is 3.16. The maximum Gasteiger partial charge on any atom is 0.252 e. The summed E-state index contributed by atoms with van der Waals surface area (Å²) in [5.41, 5.74) is 0.172. The molecule has 3 rings (SSSR count). The number of nitrogens with zero attached hydrogens (tertiary/aromatic N) is 1. The van der Waals surface area contributed by atoms with Gasteiger partial charge in [0.2, 0.25) is 15.6 Å². The summed E-state index contributed by atoms with van der Waals surface area (Å²) in [7, 11) is -2.08. The number of H-pyrrole nitrogens is 1. The van der Waals surface area contributed by atoms with E-state index in [0.717, 1.165) is 25.7 Å². The van der Waals surface area contributed by atoms with E-state index >= 15 is 0 Å². The summed E-state index contributed by atoms with van der Waals surface area (Å²) in [5.74, 6) is -0.415. The van der Waals surface area contributed by atoms with E-state index in [1.165, 1.54) is 22.5 Å². The van der Waals surface area contributed by atoms with Crippen LogP contribution in [0.1, 0.15) is 42.5 Å². The predicted molar refractivity (Wildman–Crippen MR) is 111 cm³/mol. The van der Waals surface area contributed by atoms with Crippen LogP contribution in [0.25, 0.3) is 10.9 Å². The lowest BCUT2D eigenvalue weighted by Gasteiger charge is -2.20. The van der Waals surface area contributed by atoms with Crippen LogP contribution in [0.5, 0.6) is 0 Å². The zero-order valence-corrected chi connectivity index (χ0v) is 17.4. The topological polar surface area (TPSA) is 109 Å². The van der Waals surface area contributed by atoms with Crippen LogP contribution in [-0.2, 0) is 14.8 Å². The second kappa shape index (κ2) is 9.51. The average Bonchev–Trinajstić information content (AvgIpc) is 3.00. The van der Waals surface area contributed by atoms with Crippen molar-refractivity contribution >= 4 is 26.8 Å². The van der Waals surface area contributed by atoms with Gasteiger partial charge in [0.1, 0.15) is 0 Å². The lowest BCUT2D eigenvalue weighted by atomic mass is 10.1. The highest BCUT2D eigenvalue weighted by atomic mass is 32.2. The van der Waals surface area contributed by atoms with Crippen LogP contribution in [-0.4, -0.2) is 57.0 Å². The van der Waals surface area contributed by atoms with Gasteiger partial charge in [-0.05, 0) is 37.5 Å². The molecule has 0 spiro atoms. The monoisotopic (exact) mass is 421 g/mol. The number of rotatable bonds is 7. The first kappa shape index (κ1) is 21.5. The van der Waals surface area contributed by atoms with Crippen molar-refractivity contribution in [2.75, 3.05) is 33.4 Å². The van der Waals surface area contributed by atoms with E-state index in [1.807, 2.05) is 0 Å². The zero-order chi connectivity index (χ0) is 20.9. The van der Waals surface area contributed by atoms with Crippen molar-refractivity contribution < 1.29 is 17.9 Å². The summed E-state index contributed by atoms with van der Waals surface area (Å²) in [6.07, 6.45) is 4.37. The number of aromatic amines is 1. The fourth-order valence-corrected chi connectivity index (χ4v) is 5.07. The molecule has 2 heterocycles. The van der Waals surface area contributed by atoms with Crippen LogP contribution in [0, 0.1) is 0 Å². The van der Waals surface area contributed by atoms with Crippen molar-refractivity contribution in [3.8, 4) is 0 Å². The lowest BCUT2D eigenvalue weighted by Crippen LogP contribution is -2.32. The smallest absolute Gasteiger partial charge is 0.252 e. The number of pyridine rings is 1. The molecule has 1 aromatic heterocycles. The van der Waals surface area contributed by atoms with Crippen molar-refractivity contribution in [1.29, 1.82) is 0 Å². The molecule has 0 radical (unpaired) electrons. The summed E-state index contributed by atoms with van der Waals surface area (Å²) >= 11 is 0. The van der Waals surface area contributed by atoms with Gasteiger partial charge in [-0.2, -0.15) is 4.31 Å². The minimum Gasteiger partial charge on any atom is -0.385 e. The molecule has 0 bridgehead atoms. The Hall–Kier alpha value is -2.23. The highest BCUT2D eigenvalue weighted by Crippen LogP contribution is 2.24. The van der Waals surface area contributed by atoms with Gasteiger partial charge in [0.15, 0.2) is 0 Å². The number of aromatic nitrogens is 1. The highest BCUT2D eigenvalue weighted by molar-refractivity contribution is 7.89. The molecule has 1 aliphatic rings. The van der Waals surface area contributed by atoms with Gasteiger partial charge in [-0.15, -0.1) is 0 Å². The van der Waals surface area contributed by atoms with Crippen LogP contribution in [0.3, 0.4) is 0 Å². The van der Waals surface area contributed by atoms with Crippen LogP contribution in [0.4, 0.5) is 0 Å². The fraction of sp³-hybridized carbons (Fsp3) is 0.500. The maximum atomic E-state index is 13.1. The molecule has 8 nitrogen and oxygen atoms in total. The number of amides is 1.